The standard InChI is InChI=1S/C12H12F2N2O/c13-9-5-8(11(15)6-10(9)14)12(17)16-7-3-1-2-4-7/h1-2,5-7H,3-4,15H2,(H,16,17). The third-order valence-electron chi connectivity index (χ3n) is 2.68. The topological polar surface area (TPSA) is 55.1 Å². The normalized spacial score (nSPS) is 15.2. The van der Waals surface area contributed by atoms with Crippen LogP contribution in [0.3, 0.4) is 0 Å². The Balaban J connectivity index is 2.16. The molecule has 0 unspecified atom stereocenters. The van der Waals surface area contributed by atoms with Crippen molar-refractivity contribution in [3.63, 3.8) is 0 Å². The molecule has 0 saturated carbocycles. The van der Waals surface area contributed by atoms with Crippen LogP contribution in [-0.2, 0) is 0 Å². The van der Waals surface area contributed by atoms with Gasteiger partial charge < -0.3 is 11.1 Å². The van der Waals surface area contributed by atoms with Gasteiger partial charge in [0.2, 0.25) is 0 Å². The summed E-state index contributed by atoms with van der Waals surface area (Å²) in [5.74, 6) is -2.61. The van der Waals surface area contributed by atoms with Crippen molar-refractivity contribution in [3.8, 4) is 0 Å². The second kappa shape index (κ2) is 4.53. The quantitative estimate of drug-likeness (QED) is 0.611. The average molecular weight is 238 g/mol. The van der Waals surface area contributed by atoms with Gasteiger partial charge >= 0.3 is 0 Å². The summed E-state index contributed by atoms with van der Waals surface area (Å²) < 4.78 is 25.8. The van der Waals surface area contributed by atoms with Crippen LogP contribution in [0, 0.1) is 11.6 Å². The summed E-state index contributed by atoms with van der Waals surface area (Å²) in [5, 5.41) is 2.71. The Morgan fingerprint density at radius 2 is 1.82 bits per heavy atom. The zero-order valence-corrected chi connectivity index (χ0v) is 9.04. The molecule has 0 radical (unpaired) electrons. The van der Waals surface area contributed by atoms with Gasteiger partial charge in [-0.2, -0.15) is 0 Å². The monoisotopic (exact) mass is 238 g/mol. The molecule has 90 valence electrons. The predicted molar refractivity (Wildman–Crippen MR) is 60.4 cm³/mol. The fourth-order valence-electron chi connectivity index (χ4n) is 1.76. The average Bonchev–Trinajstić information content (AvgIpc) is 2.76. The Labute approximate surface area is 97.3 Å². The summed E-state index contributed by atoms with van der Waals surface area (Å²) >= 11 is 0. The Kier molecular flexibility index (Phi) is 3.08. The number of carbonyl (C=O) groups is 1. The van der Waals surface area contributed by atoms with Crippen molar-refractivity contribution < 1.29 is 13.6 Å². The number of nitrogen functional groups attached to an aromatic ring is 1. The Morgan fingerprint density at radius 3 is 2.47 bits per heavy atom. The van der Waals surface area contributed by atoms with Crippen molar-refractivity contribution in [2.45, 2.75) is 18.9 Å². The van der Waals surface area contributed by atoms with E-state index in [9.17, 15) is 13.6 Å². The predicted octanol–water partition coefficient (Wildman–Crippen LogP) is 2.00. The Bertz CT molecular complexity index is 478. The van der Waals surface area contributed by atoms with Crippen LogP contribution in [0.1, 0.15) is 23.2 Å². The zero-order chi connectivity index (χ0) is 12.4. The number of hydrogen-bond acceptors (Lipinski definition) is 2. The maximum absolute atomic E-state index is 13.0. The van der Waals surface area contributed by atoms with Crippen LogP contribution in [0.4, 0.5) is 14.5 Å². The number of benzene rings is 1. The molecule has 17 heavy (non-hydrogen) atoms. The SMILES string of the molecule is Nc1cc(F)c(F)cc1C(=O)NC1CC=CC1. The summed E-state index contributed by atoms with van der Waals surface area (Å²) in [6.45, 7) is 0. The van der Waals surface area contributed by atoms with Gasteiger partial charge in [0.25, 0.3) is 5.91 Å². The largest absolute Gasteiger partial charge is 0.398 e. The minimum Gasteiger partial charge on any atom is -0.398 e. The van der Waals surface area contributed by atoms with E-state index in [4.69, 9.17) is 5.73 Å². The van der Waals surface area contributed by atoms with Crippen LogP contribution < -0.4 is 11.1 Å². The molecule has 0 fully saturated rings. The van der Waals surface area contributed by atoms with Gasteiger partial charge in [0.1, 0.15) is 0 Å². The van der Waals surface area contributed by atoms with E-state index in [0.717, 1.165) is 25.0 Å². The van der Waals surface area contributed by atoms with E-state index < -0.39 is 17.5 Å². The lowest BCUT2D eigenvalue weighted by Gasteiger charge is -2.13. The summed E-state index contributed by atoms with van der Waals surface area (Å²) in [7, 11) is 0. The number of nitrogens with two attached hydrogens (primary N) is 1. The molecule has 2 rings (SSSR count). The van der Waals surface area contributed by atoms with E-state index in [-0.39, 0.29) is 17.3 Å². The number of rotatable bonds is 2. The molecule has 1 amide bonds. The summed E-state index contributed by atoms with van der Waals surface area (Å²) in [6, 6.07) is 1.65. The second-order valence-corrected chi connectivity index (χ2v) is 3.97. The Morgan fingerprint density at radius 1 is 1.24 bits per heavy atom. The molecule has 0 bridgehead atoms. The van der Waals surface area contributed by atoms with Crippen LogP contribution in [-0.4, -0.2) is 11.9 Å². The lowest BCUT2D eigenvalue weighted by atomic mass is 10.1. The molecule has 1 aliphatic carbocycles. The van der Waals surface area contributed by atoms with E-state index in [2.05, 4.69) is 5.32 Å². The first-order valence-corrected chi connectivity index (χ1v) is 5.28. The highest BCUT2D eigenvalue weighted by Gasteiger charge is 2.18. The highest BCUT2D eigenvalue weighted by molar-refractivity contribution is 5.99. The van der Waals surface area contributed by atoms with E-state index in [1.165, 1.54) is 0 Å². The highest BCUT2D eigenvalue weighted by atomic mass is 19.2. The van der Waals surface area contributed by atoms with Gasteiger partial charge in [0.05, 0.1) is 5.56 Å². The van der Waals surface area contributed by atoms with Gasteiger partial charge in [-0.1, -0.05) is 12.2 Å². The van der Waals surface area contributed by atoms with Gasteiger partial charge in [-0.3, -0.25) is 4.79 Å². The van der Waals surface area contributed by atoms with Crippen molar-refractivity contribution in [1.82, 2.24) is 5.32 Å². The Hall–Kier alpha value is -1.91. The van der Waals surface area contributed by atoms with Crippen molar-refractivity contribution >= 4 is 11.6 Å². The lowest BCUT2D eigenvalue weighted by Crippen LogP contribution is -2.33. The van der Waals surface area contributed by atoms with Crippen molar-refractivity contribution in [3.05, 3.63) is 41.5 Å². The van der Waals surface area contributed by atoms with E-state index in [1.54, 1.807) is 0 Å². The molecule has 1 aliphatic rings. The molecule has 1 aromatic carbocycles. The summed E-state index contributed by atoms with van der Waals surface area (Å²) in [4.78, 5) is 11.8. The first-order valence-electron chi connectivity index (χ1n) is 5.28. The molecular formula is C12H12F2N2O. The smallest absolute Gasteiger partial charge is 0.253 e. The number of anilines is 1. The molecule has 0 aliphatic heterocycles. The number of amides is 1. The molecule has 3 N–H and O–H groups in total. The van der Waals surface area contributed by atoms with Gasteiger partial charge in [0.15, 0.2) is 11.6 Å². The molecule has 1 aromatic rings. The van der Waals surface area contributed by atoms with Gasteiger partial charge in [0, 0.05) is 17.8 Å². The van der Waals surface area contributed by atoms with Crippen LogP contribution in [0.15, 0.2) is 24.3 Å². The third kappa shape index (κ3) is 2.43. The maximum Gasteiger partial charge on any atom is 0.253 e. The first-order chi connectivity index (χ1) is 8.08. The molecule has 0 spiro atoms. The van der Waals surface area contributed by atoms with Crippen molar-refractivity contribution in [2.75, 3.05) is 5.73 Å². The van der Waals surface area contributed by atoms with Crippen LogP contribution in [0.5, 0.6) is 0 Å². The number of hydrogen-bond donors (Lipinski definition) is 2. The van der Waals surface area contributed by atoms with Gasteiger partial charge in [-0.15, -0.1) is 0 Å². The summed E-state index contributed by atoms with van der Waals surface area (Å²) in [5.41, 5.74) is 5.39. The van der Waals surface area contributed by atoms with Crippen LogP contribution in [0.2, 0.25) is 0 Å². The summed E-state index contributed by atoms with van der Waals surface area (Å²) in [6.07, 6.45) is 5.41. The minimum atomic E-state index is -1.08. The molecule has 0 heterocycles. The molecule has 0 saturated heterocycles. The highest BCUT2D eigenvalue weighted by Crippen LogP contribution is 2.18. The van der Waals surface area contributed by atoms with Crippen molar-refractivity contribution in [1.29, 1.82) is 0 Å². The number of nitrogens with one attached hydrogen (secondary N) is 1. The van der Waals surface area contributed by atoms with E-state index >= 15 is 0 Å². The minimum absolute atomic E-state index is 0.00927. The molecule has 5 heteroatoms. The molecular weight excluding hydrogens is 226 g/mol. The maximum atomic E-state index is 13.0. The number of carbonyl (C=O) groups excluding carboxylic acids is 1. The van der Waals surface area contributed by atoms with E-state index in [0.29, 0.717) is 0 Å². The molecule has 0 aromatic heterocycles. The fraction of sp³-hybridized carbons (Fsp3) is 0.250. The fourth-order valence-corrected chi connectivity index (χ4v) is 1.76. The van der Waals surface area contributed by atoms with Crippen molar-refractivity contribution in [2.24, 2.45) is 0 Å². The van der Waals surface area contributed by atoms with Gasteiger partial charge in [-0.25, -0.2) is 8.78 Å². The van der Waals surface area contributed by atoms with E-state index in [1.807, 2.05) is 12.2 Å². The first kappa shape index (κ1) is 11.6. The lowest BCUT2D eigenvalue weighted by molar-refractivity contribution is 0.0939. The zero-order valence-electron chi connectivity index (χ0n) is 9.04. The molecule has 3 nitrogen and oxygen atoms in total. The molecule has 0 atom stereocenters. The second-order valence-electron chi connectivity index (χ2n) is 3.97. The van der Waals surface area contributed by atoms with Crippen LogP contribution >= 0.6 is 0 Å². The van der Waals surface area contributed by atoms with Gasteiger partial charge in [-0.05, 0) is 18.9 Å². The third-order valence-corrected chi connectivity index (χ3v) is 2.68. The number of halogens is 2. The van der Waals surface area contributed by atoms with Crippen LogP contribution in [0.25, 0.3) is 0 Å².